The molecule has 0 spiro atoms. The molecule has 24 heavy (non-hydrogen) atoms. The molecule has 0 fully saturated rings. The Morgan fingerprint density at radius 2 is 1.71 bits per heavy atom. The molecule has 0 radical (unpaired) electrons. The highest BCUT2D eigenvalue weighted by molar-refractivity contribution is 5.74. The van der Waals surface area contributed by atoms with Crippen molar-refractivity contribution in [3.05, 3.63) is 66.6 Å². The molecule has 6 heteroatoms. The second kappa shape index (κ2) is 7.41. The SMILES string of the molecule is C[C@@H](Oc1ccccc1)C(=O)OCc1nnc(-c2ccccc2)o1. The molecule has 1 aromatic heterocycles. The largest absolute Gasteiger partial charge is 0.479 e. The molecule has 1 heterocycles. The molecule has 0 aliphatic carbocycles. The van der Waals surface area contributed by atoms with Gasteiger partial charge < -0.3 is 13.9 Å². The summed E-state index contributed by atoms with van der Waals surface area (Å²) in [5, 5.41) is 7.81. The fraction of sp³-hybridized carbons (Fsp3) is 0.167. The summed E-state index contributed by atoms with van der Waals surface area (Å²) in [5.41, 5.74) is 0.809. The van der Waals surface area contributed by atoms with E-state index >= 15 is 0 Å². The monoisotopic (exact) mass is 324 g/mol. The first kappa shape index (κ1) is 15.7. The lowest BCUT2D eigenvalue weighted by Gasteiger charge is -2.12. The van der Waals surface area contributed by atoms with E-state index in [1.165, 1.54) is 0 Å². The molecule has 122 valence electrons. The maximum Gasteiger partial charge on any atom is 0.347 e. The lowest BCUT2D eigenvalue weighted by Crippen LogP contribution is -2.26. The van der Waals surface area contributed by atoms with Gasteiger partial charge >= 0.3 is 5.97 Å². The smallest absolute Gasteiger partial charge is 0.347 e. The van der Waals surface area contributed by atoms with Gasteiger partial charge in [0.05, 0.1) is 0 Å². The van der Waals surface area contributed by atoms with Crippen molar-refractivity contribution in [2.75, 3.05) is 0 Å². The zero-order valence-corrected chi connectivity index (χ0v) is 13.1. The van der Waals surface area contributed by atoms with Crippen molar-refractivity contribution in [2.45, 2.75) is 19.6 Å². The van der Waals surface area contributed by atoms with Crippen LogP contribution < -0.4 is 4.74 Å². The Morgan fingerprint density at radius 3 is 2.42 bits per heavy atom. The van der Waals surface area contributed by atoms with E-state index in [1.54, 1.807) is 19.1 Å². The summed E-state index contributed by atoms with van der Waals surface area (Å²) in [5.74, 6) is 0.716. The van der Waals surface area contributed by atoms with Crippen molar-refractivity contribution >= 4 is 5.97 Å². The van der Waals surface area contributed by atoms with Gasteiger partial charge in [0.15, 0.2) is 12.7 Å². The van der Waals surface area contributed by atoms with E-state index in [2.05, 4.69) is 10.2 Å². The highest BCUT2D eigenvalue weighted by atomic mass is 16.6. The van der Waals surface area contributed by atoms with Gasteiger partial charge in [-0.25, -0.2) is 4.79 Å². The number of hydrogen-bond acceptors (Lipinski definition) is 6. The first-order valence-electron chi connectivity index (χ1n) is 7.48. The number of carbonyl (C=O) groups excluding carboxylic acids is 1. The molecule has 1 atom stereocenters. The second-order valence-corrected chi connectivity index (χ2v) is 5.05. The van der Waals surface area contributed by atoms with Crippen LogP contribution in [0.5, 0.6) is 5.75 Å². The van der Waals surface area contributed by atoms with Gasteiger partial charge in [0.1, 0.15) is 5.75 Å². The predicted molar refractivity (Wildman–Crippen MR) is 86.1 cm³/mol. The van der Waals surface area contributed by atoms with Crippen molar-refractivity contribution in [2.24, 2.45) is 0 Å². The average Bonchev–Trinajstić information content (AvgIpc) is 3.10. The zero-order chi connectivity index (χ0) is 16.8. The number of aromatic nitrogens is 2. The number of esters is 1. The molecule has 3 rings (SSSR count). The summed E-state index contributed by atoms with van der Waals surface area (Å²) in [6, 6.07) is 18.4. The number of rotatable bonds is 6. The van der Waals surface area contributed by atoms with Gasteiger partial charge in [-0.2, -0.15) is 0 Å². The maximum atomic E-state index is 12.0. The standard InChI is InChI=1S/C18H16N2O4/c1-13(23-15-10-6-3-7-11-15)18(21)22-12-16-19-20-17(24-16)14-8-4-2-5-9-14/h2-11,13H,12H2,1H3/t13-/m1/s1. The highest BCUT2D eigenvalue weighted by Gasteiger charge is 2.18. The molecule has 0 N–H and O–H groups in total. The van der Waals surface area contributed by atoms with E-state index in [0.29, 0.717) is 11.6 Å². The predicted octanol–water partition coefficient (Wildman–Crippen LogP) is 3.25. The van der Waals surface area contributed by atoms with E-state index in [1.807, 2.05) is 48.5 Å². The number of carbonyl (C=O) groups is 1. The van der Waals surface area contributed by atoms with Crippen LogP contribution in [0, 0.1) is 0 Å². The number of ether oxygens (including phenoxy) is 2. The Labute approximate surface area is 139 Å². The van der Waals surface area contributed by atoms with E-state index in [4.69, 9.17) is 13.9 Å². The molecule has 0 aliphatic rings. The van der Waals surface area contributed by atoms with Gasteiger partial charge in [-0.1, -0.05) is 36.4 Å². The van der Waals surface area contributed by atoms with Crippen LogP contribution >= 0.6 is 0 Å². The zero-order valence-electron chi connectivity index (χ0n) is 13.1. The molecule has 0 unspecified atom stereocenters. The van der Waals surface area contributed by atoms with E-state index < -0.39 is 12.1 Å². The highest BCUT2D eigenvalue weighted by Crippen LogP contribution is 2.17. The Balaban J connectivity index is 1.54. The first-order valence-corrected chi connectivity index (χ1v) is 7.48. The summed E-state index contributed by atoms with van der Waals surface area (Å²) in [7, 11) is 0. The van der Waals surface area contributed by atoms with Gasteiger partial charge in [0.2, 0.25) is 5.89 Å². The quantitative estimate of drug-likeness (QED) is 0.648. The topological polar surface area (TPSA) is 74.5 Å². The minimum atomic E-state index is -0.732. The number of hydrogen-bond donors (Lipinski definition) is 0. The second-order valence-electron chi connectivity index (χ2n) is 5.05. The van der Waals surface area contributed by atoms with Crippen LogP contribution in [0.4, 0.5) is 0 Å². The Morgan fingerprint density at radius 1 is 1.04 bits per heavy atom. The molecular formula is C18H16N2O4. The fourth-order valence-electron chi connectivity index (χ4n) is 2.01. The van der Waals surface area contributed by atoms with Crippen LogP contribution in [-0.2, 0) is 16.1 Å². The van der Waals surface area contributed by atoms with E-state index in [-0.39, 0.29) is 12.5 Å². The van der Waals surface area contributed by atoms with Crippen LogP contribution in [0.15, 0.2) is 65.1 Å². The Kier molecular flexibility index (Phi) is 4.86. The van der Waals surface area contributed by atoms with Crippen molar-refractivity contribution in [3.63, 3.8) is 0 Å². The van der Waals surface area contributed by atoms with Crippen molar-refractivity contribution in [3.8, 4) is 17.2 Å². The first-order chi connectivity index (χ1) is 11.7. The van der Waals surface area contributed by atoms with Crippen LogP contribution in [0.25, 0.3) is 11.5 Å². The van der Waals surface area contributed by atoms with Crippen molar-refractivity contribution < 1.29 is 18.7 Å². The van der Waals surface area contributed by atoms with Crippen LogP contribution in [-0.4, -0.2) is 22.3 Å². The van der Waals surface area contributed by atoms with Crippen LogP contribution in [0.1, 0.15) is 12.8 Å². The van der Waals surface area contributed by atoms with Gasteiger partial charge in [-0.3, -0.25) is 0 Å². The molecule has 0 bridgehead atoms. The van der Waals surface area contributed by atoms with Gasteiger partial charge in [0.25, 0.3) is 5.89 Å². The van der Waals surface area contributed by atoms with Crippen molar-refractivity contribution in [1.29, 1.82) is 0 Å². The van der Waals surface area contributed by atoms with E-state index in [0.717, 1.165) is 5.56 Å². The summed E-state index contributed by atoms with van der Waals surface area (Å²) in [6.07, 6.45) is -0.732. The average molecular weight is 324 g/mol. The third-order valence-corrected chi connectivity index (χ3v) is 3.21. The van der Waals surface area contributed by atoms with Gasteiger partial charge in [-0.05, 0) is 31.2 Å². The van der Waals surface area contributed by atoms with Crippen LogP contribution in [0.2, 0.25) is 0 Å². The fourth-order valence-corrected chi connectivity index (χ4v) is 2.01. The summed E-state index contributed by atoms with van der Waals surface area (Å²) in [6.45, 7) is 1.53. The summed E-state index contributed by atoms with van der Waals surface area (Å²) < 4.78 is 16.1. The number of benzene rings is 2. The maximum absolute atomic E-state index is 12.0. The minimum Gasteiger partial charge on any atom is -0.479 e. The lowest BCUT2D eigenvalue weighted by atomic mass is 10.2. The molecule has 0 saturated carbocycles. The number of nitrogens with zero attached hydrogens (tertiary/aromatic N) is 2. The van der Waals surface area contributed by atoms with Gasteiger partial charge in [0, 0.05) is 5.56 Å². The van der Waals surface area contributed by atoms with E-state index in [9.17, 15) is 4.79 Å². The molecule has 0 aliphatic heterocycles. The molecule has 0 saturated heterocycles. The normalized spacial score (nSPS) is 11.7. The lowest BCUT2D eigenvalue weighted by molar-refractivity contribution is -0.153. The minimum absolute atomic E-state index is 0.0961. The number of para-hydroxylation sites is 1. The molecular weight excluding hydrogens is 308 g/mol. The molecule has 6 nitrogen and oxygen atoms in total. The van der Waals surface area contributed by atoms with Crippen LogP contribution in [0.3, 0.4) is 0 Å². The Bertz CT molecular complexity index is 787. The molecule has 3 aromatic rings. The molecule has 0 amide bonds. The third kappa shape index (κ3) is 3.98. The molecule has 2 aromatic carbocycles. The third-order valence-electron chi connectivity index (χ3n) is 3.21. The van der Waals surface area contributed by atoms with Crippen molar-refractivity contribution in [1.82, 2.24) is 10.2 Å². The Hall–Kier alpha value is -3.15. The summed E-state index contributed by atoms with van der Waals surface area (Å²) in [4.78, 5) is 12.0. The van der Waals surface area contributed by atoms with Gasteiger partial charge in [-0.15, -0.1) is 10.2 Å². The summed E-state index contributed by atoms with van der Waals surface area (Å²) >= 11 is 0.